The molecule has 6 aromatic carbocycles. The van der Waals surface area contributed by atoms with Crippen LogP contribution in [0.25, 0.3) is 11.1 Å². The van der Waals surface area contributed by atoms with E-state index in [4.69, 9.17) is 9.90 Å². The van der Waals surface area contributed by atoms with Gasteiger partial charge in [0.2, 0.25) is 0 Å². The van der Waals surface area contributed by atoms with E-state index < -0.39 is 0 Å². The van der Waals surface area contributed by atoms with Gasteiger partial charge >= 0.3 is 0 Å². The van der Waals surface area contributed by atoms with Crippen molar-refractivity contribution >= 4 is 59.5 Å². The molecule has 45 heavy (non-hydrogen) atoms. The summed E-state index contributed by atoms with van der Waals surface area (Å²) in [5.41, 5.74) is 13.7. The molecule has 0 radical (unpaired) electrons. The number of methoxy groups -OCH3 is 1. The fourth-order valence-electron chi connectivity index (χ4n) is 6.98. The van der Waals surface area contributed by atoms with E-state index in [0.29, 0.717) is 8.37 Å². The highest BCUT2D eigenvalue weighted by Gasteiger charge is 2.42. The molecule has 0 aromatic heterocycles. The fourth-order valence-corrected chi connectivity index (χ4v) is 7.31. The molecule has 2 aliphatic rings. The van der Waals surface area contributed by atoms with E-state index >= 15 is 0 Å². The van der Waals surface area contributed by atoms with Gasteiger partial charge in [0.1, 0.15) is 5.75 Å². The molecule has 8 rings (SSSR count). The average Bonchev–Trinajstić information content (AvgIpc) is 3.11. The smallest absolute Gasteiger partial charge is 0.252 e. The quantitative estimate of drug-likeness (QED) is 0.153. The predicted octanol–water partition coefficient (Wildman–Crippen LogP) is 7.52. The van der Waals surface area contributed by atoms with Crippen LogP contribution in [0.15, 0.2) is 140 Å². The fraction of sp³-hybridized carbons (Fsp3) is 0.0769. The molecule has 0 atom stereocenters. The monoisotopic (exact) mass is 599 g/mol. The Labute approximate surface area is 266 Å². The van der Waals surface area contributed by atoms with Gasteiger partial charge in [0, 0.05) is 49.5 Å². The number of ether oxygens (including phenoxy) is 1. The molecule has 6 heteroatoms. The highest BCUT2D eigenvalue weighted by Crippen LogP contribution is 2.40. The summed E-state index contributed by atoms with van der Waals surface area (Å²) >= 11 is 0. The van der Waals surface area contributed by atoms with Crippen LogP contribution in [-0.4, -0.2) is 13.8 Å². The van der Waals surface area contributed by atoms with E-state index in [2.05, 4.69) is 137 Å². The molecule has 0 spiro atoms. The molecular formula is C39H31BN3OP. The molecule has 0 saturated carbocycles. The molecule has 0 bridgehead atoms. The van der Waals surface area contributed by atoms with Crippen LogP contribution in [0.4, 0.5) is 22.7 Å². The average molecular weight is 599 g/mol. The van der Waals surface area contributed by atoms with E-state index in [-0.39, 0.29) is 6.71 Å². The van der Waals surface area contributed by atoms with Crippen LogP contribution in [0.2, 0.25) is 0 Å². The number of hydrogen-bond acceptors (Lipinski definition) is 4. The standard InChI is InChI=1S/C39H31BN3OP/c1-44-31-18-15-28(16-19-31)26-43-36-14-8-13-35-39(36)40(34-22-20-32(45-41)24-38(34)43)33-21-17-30(29-11-6-3-7-12-29)23-37(33)42(35)25-27-9-4-2-5-10-27/h2-24,41H,25-26H2,1H3. The van der Waals surface area contributed by atoms with Gasteiger partial charge in [-0.3, -0.25) is 5.16 Å². The Balaban J connectivity index is 1.35. The first-order valence-corrected chi connectivity index (χ1v) is 16.2. The summed E-state index contributed by atoms with van der Waals surface area (Å²) in [6.45, 7) is 1.58. The third kappa shape index (κ3) is 4.81. The van der Waals surface area contributed by atoms with Gasteiger partial charge < -0.3 is 14.5 Å². The Morgan fingerprint density at radius 1 is 0.578 bits per heavy atom. The normalized spacial score (nSPS) is 12.9. The van der Waals surface area contributed by atoms with Crippen LogP contribution in [0, 0.1) is 5.16 Å². The second kappa shape index (κ2) is 11.4. The van der Waals surface area contributed by atoms with Crippen molar-refractivity contribution in [1.29, 1.82) is 5.16 Å². The Kier molecular flexibility index (Phi) is 6.97. The lowest BCUT2D eigenvalue weighted by Crippen LogP contribution is -2.62. The highest BCUT2D eigenvalue weighted by molar-refractivity contribution is 7.35. The predicted molar refractivity (Wildman–Crippen MR) is 190 cm³/mol. The van der Waals surface area contributed by atoms with Gasteiger partial charge in [0.15, 0.2) is 0 Å². The molecular weight excluding hydrogens is 568 g/mol. The van der Waals surface area contributed by atoms with Gasteiger partial charge in [-0.1, -0.05) is 97.1 Å². The second-order valence-electron chi connectivity index (χ2n) is 11.6. The summed E-state index contributed by atoms with van der Waals surface area (Å²) in [5, 5.41) is 9.16. The first kappa shape index (κ1) is 27.4. The summed E-state index contributed by atoms with van der Waals surface area (Å²) < 4.78 is 5.44. The van der Waals surface area contributed by atoms with E-state index in [0.717, 1.165) is 24.1 Å². The van der Waals surface area contributed by atoms with Crippen LogP contribution in [0.1, 0.15) is 11.1 Å². The van der Waals surface area contributed by atoms with E-state index in [9.17, 15) is 0 Å². The van der Waals surface area contributed by atoms with Gasteiger partial charge in [-0.05, 0) is 81.1 Å². The van der Waals surface area contributed by atoms with Crippen molar-refractivity contribution < 1.29 is 4.74 Å². The summed E-state index contributed by atoms with van der Waals surface area (Å²) in [4.78, 5) is 4.96. The van der Waals surface area contributed by atoms with Crippen molar-refractivity contribution in [3.63, 3.8) is 0 Å². The van der Waals surface area contributed by atoms with Gasteiger partial charge in [0.25, 0.3) is 6.71 Å². The lowest BCUT2D eigenvalue weighted by molar-refractivity contribution is 0.414. The number of nitrogens with zero attached hydrogens (tertiary/aromatic N) is 2. The molecule has 0 saturated heterocycles. The number of rotatable bonds is 7. The Bertz CT molecular complexity index is 2030. The number of benzene rings is 6. The highest BCUT2D eigenvalue weighted by atomic mass is 31.1. The van der Waals surface area contributed by atoms with Crippen LogP contribution < -0.4 is 36.2 Å². The van der Waals surface area contributed by atoms with E-state index in [1.807, 2.05) is 12.1 Å². The number of hydrogen-bond donors (Lipinski definition) is 1. The van der Waals surface area contributed by atoms with E-state index in [1.165, 1.54) is 61.4 Å². The maximum absolute atomic E-state index is 8.17. The van der Waals surface area contributed by atoms with Crippen molar-refractivity contribution in [3.8, 4) is 16.9 Å². The second-order valence-corrected chi connectivity index (χ2v) is 12.4. The van der Waals surface area contributed by atoms with Crippen LogP contribution in [0.3, 0.4) is 0 Å². The van der Waals surface area contributed by atoms with Gasteiger partial charge in [-0.2, -0.15) is 0 Å². The minimum atomic E-state index is 0.0848. The summed E-state index contributed by atoms with van der Waals surface area (Å²) in [6.07, 6.45) is 0. The van der Waals surface area contributed by atoms with Gasteiger partial charge in [-0.25, -0.2) is 0 Å². The number of anilines is 4. The summed E-state index contributed by atoms with van der Waals surface area (Å²) in [6, 6.07) is 50.2. The van der Waals surface area contributed by atoms with Crippen molar-refractivity contribution in [2.45, 2.75) is 13.1 Å². The Hall–Kier alpha value is -5.12. The third-order valence-electron chi connectivity index (χ3n) is 9.10. The summed E-state index contributed by atoms with van der Waals surface area (Å²) in [7, 11) is 2.22. The number of nitrogens with one attached hydrogen (secondary N) is 1. The molecule has 0 amide bonds. The zero-order valence-electron chi connectivity index (χ0n) is 25.0. The molecule has 6 aromatic rings. The van der Waals surface area contributed by atoms with Crippen LogP contribution in [0.5, 0.6) is 5.75 Å². The van der Waals surface area contributed by atoms with Crippen LogP contribution in [-0.2, 0) is 13.1 Å². The minimum Gasteiger partial charge on any atom is -0.497 e. The first-order chi connectivity index (χ1) is 22.2. The van der Waals surface area contributed by atoms with Crippen molar-refractivity contribution in [1.82, 2.24) is 0 Å². The Morgan fingerprint density at radius 2 is 1.18 bits per heavy atom. The molecule has 2 aliphatic heterocycles. The number of fused-ring (bicyclic) bond motifs is 4. The maximum Gasteiger partial charge on any atom is 0.252 e. The zero-order valence-corrected chi connectivity index (χ0v) is 25.9. The zero-order chi connectivity index (χ0) is 30.3. The SMILES string of the molecule is COc1ccc(CN2c3cc(P=N)ccc3B3c4ccc(-c5ccccc5)cc4N(Cc4ccccc4)c4cccc2c43)cc1. The van der Waals surface area contributed by atoms with E-state index in [1.54, 1.807) is 7.11 Å². The molecule has 0 unspecified atom stereocenters. The molecule has 216 valence electrons. The third-order valence-corrected chi connectivity index (χ3v) is 9.63. The molecule has 0 fully saturated rings. The Morgan fingerprint density at radius 3 is 1.82 bits per heavy atom. The van der Waals surface area contributed by atoms with Crippen molar-refractivity contribution in [2.75, 3.05) is 16.9 Å². The van der Waals surface area contributed by atoms with Crippen molar-refractivity contribution in [2.24, 2.45) is 0 Å². The lowest BCUT2D eigenvalue weighted by Gasteiger charge is -2.44. The van der Waals surface area contributed by atoms with Crippen molar-refractivity contribution in [3.05, 3.63) is 151 Å². The lowest BCUT2D eigenvalue weighted by atomic mass is 9.33. The topological polar surface area (TPSA) is 39.6 Å². The van der Waals surface area contributed by atoms with Gasteiger partial charge in [-0.15, -0.1) is 0 Å². The summed E-state index contributed by atoms with van der Waals surface area (Å²) in [5.74, 6) is 0.855. The largest absolute Gasteiger partial charge is 0.497 e. The maximum atomic E-state index is 8.17. The molecule has 4 nitrogen and oxygen atoms in total. The molecule has 1 N–H and O–H groups in total. The molecule has 0 aliphatic carbocycles. The first-order valence-electron chi connectivity index (χ1n) is 15.3. The molecule has 2 heterocycles. The minimum absolute atomic E-state index is 0.0848. The van der Waals surface area contributed by atoms with Gasteiger partial charge in [0.05, 0.1) is 7.11 Å². The van der Waals surface area contributed by atoms with Crippen LogP contribution >= 0.6 is 8.37 Å².